The maximum Gasteiger partial charge on any atom is 0.416 e. The first kappa shape index (κ1) is 16.3. The van der Waals surface area contributed by atoms with E-state index in [0.29, 0.717) is 17.6 Å². The van der Waals surface area contributed by atoms with Crippen molar-refractivity contribution in [2.75, 3.05) is 33.2 Å². The highest BCUT2D eigenvalue weighted by Crippen LogP contribution is 2.31. The van der Waals surface area contributed by atoms with Crippen molar-refractivity contribution < 1.29 is 18.0 Å². The van der Waals surface area contributed by atoms with Gasteiger partial charge in [0.2, 0.25) is 0 Å². The van der Waals surface area contributed by atoms with Gasteiger partial charge in [0, 0.05) is 30.7 Å². The molecule has 8 heteroatoms. The Morgan fingerprint density at radius 2 is 1.86 bits per heavy atom. The van der Waals surface area contributed by atoms with Crippen molar-refractivity contribution in [3.63, 3.8) is 0 Å². The van der Waals surface area contributed by atoms with Crippen LogP contribution in [0.5, 0.6) is 0 Å². The summed E-state index contributed by atoms with van der Waals surface area (Å²) in [5.74, 6) is -0.544. The van der Waals surface area contributed by atoms with E-state index in [4.69, 9.17) is 0 Å². The molecule has 1 saturated heterocycles. The molecule has 1 aromatic rings. The number of likely N-dealkylation sites (N-methyl/N-ethyl adjacent to an activating group) is 1. The standard InChI is InChI=1S/C13H15BrF3N3O/c1-19-4-6-20(7-5-19)18-12(21)10-8-9(13(15,16)17)2-3-11(10)14/h2-3,8H,4-7H2,1H3,(H,18,21). The van der Waals surface area contributed by atoms with Crippen LogP contribution in [0.3, 0.4) is 0 Å². The van der Waals surface area contributed by atoms with Crippen molar-refractivity contribution in [2.45, 2.75) is 6.18 Å². The molecule has 0 spiro atoms. The third-order valence-electron chi connectivity index (χ3n) is 3.30. The van der Waals surface area contributed by atoms with E-state index in [-0.39, 0.29) is 5.56 Å². The van der Waals surface area contributed by atoms with Gasteiger partial charge >= 0.3 is 6.18 Å². The number of amides is 1. The molecule has 1 aliphatic heterocycles. The highest BCUT2D eigenvalue weighted by atomic mass is 79.9. The van der Waals surface area contributed by atoms with Gasteiger partial charge in [0.15, 0.2) is 0 Å². The quantitative estimate of drug-likeness (QED) is 0.873. The molecule has 0 aliphatic carbocycles. The maximum absolute atomic E-state index is 12.7. The van der Waals surface area contributed by atoms with E-state index in [0.717, 1.165) is 25.2 Å². The highest BCUT2D eigenvalue weighted by Gasteiger charge is 2.31. The minimum atomic E-state index is -4.47. The van der Waals surface area contributed by atoms with Gasteiger partial charge in [-0.25, -0.2) is 5.01 Å². The normalized spacial score (nSPS) is 17.8. The number of alkyl halides is 3. The van der Waals surface area contributed by atoms with Gasteiger partial charge in [0.25, 0.3) is 5.91 Å². The first-order chi connectivity index (χ1) is 9.77. The monoisotopic (exact) mass is 365 g/mol. The van der Waals surface area contributed by atoms with Gasteiger partial charge in [-0.3, -0.25) is 10.2 Å². The van der Waals surface area contributed by atoms with Crippen LogP contribution >= 0.6 is 15.9 Å². The van der Waals surface area contributed by atoms with Crippen molar-refractivity contribution in [3.05, 3.63) is 33.8 Å². The maximum atomic E-state index is 12.7. The molecule has 0 atom stereocenters. The van der Waals surface area contributed by atoms with E-state index in [9.17, 15) is 18.0 Å². The molecule has 1 aromatic carbocycles. The van der Waals surface area contributed by atoms with Gasteiger partial charge in [-0.15, -0.1) is 0 Å². The number of hydrogen-bond acceptors (Lipinski definition) is 3. The molecule has 0 radical (unpaired) electrons. The molecule has 4 nitrogen and oxygen atoms in total. The lowest BCUT2D eigenvalue weighted by atomic mass is 10.1. The number of carbonyl (C=O) groups is 1. The first-order valence-corrected chi connectivity index (χ1v) is 7.18. The smallest absolute Gasteiger partial charge is 0.304 e. The summed E-state index contributed by atoms with van der Waals surface area (Å²) in [5, 5.41) is 1.72. The number of halogens is 4. The van der Waals surface area contributed by atoms with E-state index >= 15 is 0 Å². The van der Waals surface area contributed by atoms with Crippen LogP contribution in [-0.4, -0.2) is 49.0 Å². The summed E-state index contributed by atoms with van der Waals surface area (Å²) in [7, 11) is 1.97. The van der Waals surface area contributed by atoms with Gasteiger partial charge < -0.3 is 4.90 Å². The second-order valence-electron chi connectivity index (χ2n) is 4.92. The van der Waals surface area contributed by atoms with Crippen LogP contribution < -0.4 is 5.43 Å². The summed E-state index contributed by atoms with van der Waals surface area (Å²) in [4.78, 5) is 14.2. The Balaban J connectivity index is 2.11. The molecule has 0 saturated carbocycles. The second-order valence-corrected chi connectivity index (χ2v) is 5.78. The van der Waals surface area contributed by atoms with Crippen molar-refractivity contribution in [3.8, 4) is 0 Å². The van der Waals surface area contributed by atoms with Crippen LogP contribution in [0.1, 0.15) is 15.9 Å². The Hall–Kier alpha value is -1.12. The third-order valence-corrected chi connectivity index (χ3v) is 3.99. The zero-order valence-electron chi connectivity index (χ0n) is 11.4. The summed E-state index contributed by atoms with van der Waals surface area (Å²) in [6, 6.07) is 3.04. The van der Waals surface area contributed by atoms with Gasteiger partial charge in [0.1, 0.15) is 0 Å². The minimum absolute atomic E-state index is 0.0243. The lowest BCUT2D eigenvalue weighted by Crippen LogP contribution is -2.52. The van der Waals surface area contributed by atoms with E-state index in [2.05, 4.69) is 26.3 Å². The number of carbonyl (C=O) groups excluding carboxylic acids is 1. The molecule has 1 heterocycles. The van der Waals surface area contributed by atoms with Crippen molar-refractivity contribution in [1.29, 1.82) is 0 Å². The number of nitrogens with zero attached hydrogens (tertiary/aromatic N) is 2. The van der Waals surface area contributed by atoms with E-state index in [1.807, 2.05) is 7.05 Å². The van der Waals surface area contributed by atoms with E-state index in [1.165, 1.54) is 6.07 Å². The number of nitrogens with one attached hydrogen (secondary N) is 1. The Kier molecular flexibility index (Phi) is 4.90. The van der Waals surface area contributed by atoms with Crippen LogP contribution in [0, 0.1) is 0 Å². The van der Waals surface area contributed by atoms with Crippen LogP contribution in [-0.2, 0) is 6.18 Å². The average molecular weight is 366 g/mol. The van der Waals surface area contributed by atoms with Crippen molar-refractivity contribution in [1.82, 2.24) is 15.3 Å². The second kappa shape index (κ2) is 6.33. The zero-order valence-corrected chi connectivity index (χ0v) is 13.0. The molecule has 1 amide bonds. The van der Waals surface area contributed by atoms with Gasteiger partial charge in [0.05, 0.1) is 11.1 Å². The molecular weight excluding hydrogens is 351 g/mol. The van der Waals surface area contributed by atoms with Gasteiger partial charge in [-0.05, 0) is 41.2 Å². The Bertz CT molecular complexity index is 528. The molecule has 0 unspecified atom stereocenters. The van der Waals surface area contributed by atoms with E-state index in [1.54, 1.807) is 5.01 Å². The minimum Gasteiger partial charge on any atom is -0.304 e. The van der Waals surface area contributed by atoms with E-state index < -0.39 is 17.6 Å². The van der Waals surface area contributed by atoms with Crippen LogP contribution in [0.4, 0.5) is 13.2 Å². The number of hydrazine groups is 1. The summed E-state index contributed by atoms with van der Waals surface area (Å²) in [6.07, 6.45) is -4.47. The van der Waals surface area contributed by atoms with Crippen LogP contribution in [0.25, 0.3) is 0 Å². The summed E-state index contributed by atoms with van der Waals surface area (Å²) in [5.41, 5.74) is 1.78. The molecule has 0 aromatic heterocycles. The molecule has 2 rings (SSSR count). The average Bonchev–Trinajstić information content (AvgIpc) is 2.40. The fraction of sp³-hybridized carbons (Fsp3) is 0.462. The molecule has 1 N–H and O–H groups in total. The molecule has 116 valence electrons. The number of hydrogen-bond donors (Lipinski definition) is 1. The van der Waals surface area contributed by atoms with Gasteiger partial charge in [-0.1, -0.05) is 0 Å². The molecular formula is C13H15BrF3N3O. The lowest BCUT2D eigenvalue weighted by Gasteiger charge is -2.32. The predicted molar refractivity (Wildman–Crippen MR) is 75.7 cm³/mol. The summed E-state index contributed by atoms with van der Waals surface area (Å²) >= 11 is 3.12. The SMILES string of the molecule is CN1CCN(NC(=O)c2cc(C(F)(F)F)ccc2Br)CC1. The zero-order chi connectivity index (χ0) is 15.6. The Morgan fingerprint density at radius 3 is 2.43 bits per heavy atom. The fourth-order valence-electron chi connectivity index (χ4n) is 2.00. The first-order valence-electron chi connectivity index (χ1n) is 6.38. The topological polar surface area (TPSA) is 35.6 Å². The number of piperazine rings is 1. The van der Waals surface area contributed by atoms with Gasteiger partial charge in [-0.2, -0.15) is 13.2 Å². The van der Waals surface area contributed by atoms with Crippen LogP contribution in [0.2, 0.25) is 0 Å². The molecule has 21 heavy (non-hydrogen) atoms. The largest absolute Gasteiger partial charge is 0.416 e. The molecule has 1 aliphatic rings. The predicted octanol–water partition coefficient (Wildman–Crippen LogP) is 2.36. The fourth-order valence-corrected chi connectivity index (χ4v) is 2.42. The lowest BCUT2D eigenvalue weighted by molar-refractivity contribution is -0.137. The van der Waals surface area contributed by atoms with Crippen LogP contribution in [0.15, 0.2) is 22.7 Å². The summed E-state index contributed by atoms with van der Waals surface area (Å²) in [6.45, 7) is 2.87. The van der Waals surface area contributed by atoms with Crippen molar-refractivity contribution >= 4 is 21.8 Å². The summed E-state index contributed by atoms with van der Waals surface area (Å²) < 4.78 is 38.4. The third kappa shape index (κ3) is 4.18. The number of rotatable bonds is 2. The highest BCUT2D eigenvalue weighted by molar-refractivity contribution is 9.10. The molecule has 0 bridgehead atoms. The Labute approximate surface area is 129 Å². The molecule has 1 fully saturated rings. The van der Waals surface area contributed by atoms with Crippen molar-refractivity contribution in [2.24, 2.45) is 0 Å². The number of benzene rings is 1. The Morgan fingerprint density at radius 1 is 1.24 bits per heavy atom.